The molecule has 3 heteroatoms. The van der Waals surface area contributed by atoms with Crippen LogP contribution in [0.15, 0.2) is 10.5 Å². The maximum Gasteiger partial charge on any atom is 0.118 e. The normalized spacial score (nSPS) is 15.8. The fourth-order valence-electron chi connectivity index (χ4n) is 2.31. The summed E-state index contributed by atoms with van der Waals surface area (Å²) >= 11 is 0. The molecule has 2 rings (SSSR count). The monoisotopic (exact) mass is 236 g/mol. The van der Waals surface area contributed by atoms with Gasteiger partial charge in [0.05, 0.1) is 6.54 Å². The zero-order valence-electron chi connectivity index (χ0n) is 11.0. The molecule has 1 aliphatic rings. The topological polar surface area (TPSA) is 42.4 Å². The van der Waals surface area contributed by atoms with Gasteiger partial charge in [-0.25, -0.2) is 0 Å². The van der Waals surface area contributed by atoms with Crippen molar-refractivity contribution in [3.8, 4) is 0 Å². The average Bonchev–Trinajstić information content (AvgIpc) is 3.02. The van der Waals surface area contributed by atoms with Crippen LogP contribution in [-0.4, -0.2) is 18.0 Å². The summed E-state index contributed by atoms with van der Waals surface area (Å²) in [7, 11) is 0. The summed E-state index contributed by atoms with van der Waals surface area (Å²) in [5.74, 6) is 2.98. The quantitative estimate of drug-likeness (QED) is 0.791. The molecule has 0 aliphatic heterocycles. The van der Waals surface area contributed by atoms with Crippen molar-refractivity contribution in [3.05, 3.63) is 23.2 Å². The van der Waals surface area contributed by atoms with E-state index >= 15 is 0 Å². The van der Waals surface area contributed by atoms with Crippen molar-refractivity contribution >= 4 is 0 Å². The van der Waals surface area contributed by atoms with Gasteiger partial charge in [-0.05, 0) is 44.7 Å². The first kappa shape index (κ1) is 12.7. The molecule has 1 fully saturated rings. The second-order valence-electron chi connectivity index (χ2n) is 5.18. The van der Waals surface area contributed by atoms with Gasteiger partial charge in [-0.15, -0.1) is 0 Å². The summed E-state index contributed by atoms with van der Waals surface area (Å²) in [4.78, 5) is 2.51. The molecule has 1 aliphatic carbocycles. The predicted octanol–water partition coefficient (Wildman–Crippen LogP) is 2.67. The molecule has 0 bridgehead atoms. The summed E-state index contributed by atoms with van der Waals surface area (Å²) in [6.07, 6.45) is 4.02. The first-order valence-corrected chi connectivity index (χ1v) is 6.73. The molecule has 1 aromatic heterocycles. The van der Waals surface area contributed by atoms with Crippen molar-refractivity contribution < 1.29 is 4.42 Å². The number of nitrogens with zero attached hydrogens (tertiary/aromatic N) is 1. The van der Waals surface area contributed by atoms with Crippen LogP contribution < -0.4 is 5.73 Å². The Balaban J connectivity index is 1.94. The van der Waals surface area contributed by atoms with Gasteiger partial charge in [0.1, 0.15) is 11.5 Å². The zero-order valence-corrected chi connectivity index (χ0v) is 11.0. The lowest BCUT2D eigenvalue weighted by molar-refractivity contribution is 0.233. The molecule has 3 nitrogen and oxygen atoms in total. The predicted molar refractivity (Wildman–Crippen MR) is 69.6 cm³/mol. The van der Waals surface area contributed by atoms with E-state index < -0.39 is 0 Å². The summed E-state index contributed by atoms with van der Waals surface area (Å²) in [6.45, 7) is 8.13. The fraction of sp³-hybridized carbons (Fsp3) is 0.714. The Morgan fingerprint density at radius 3 is 2.76 bits per heavy atom. The largest absolute Gasteiger partial charge is 0.465 e. The highest BCUT2D eigenvalue weighted by Gasteiger charge is 2.24. The summed E-state index contributed by atoms with van der Waals surface area (Å²) in [5, 5.41) is 0. The first-order valence-electron chi connectivity index (χ1n) is 6.73. The van der Waals surface area contributed by atoms with Gasteiger partial charge in [-0.2, -0.15) is 0 Å². The first-order chi connectivity index (χ1) is 8.22. The van der Waals surface area contributed by atoms with Crippen LogP contribution in [0.4, 0.5) is 0 Å². The van der Waals surface area contributed by atoms with E-state index in [0.717, 1.165) is 36.1 Å². The van der Waals surface area contributed by atoms with Crippen LogP contribution in [0.1, 0.15) is 43.3 Å². The highest BCUT2D eigenvalue weighted by atomic mass is 16.3. The lowest BCUT2D eigenvalue weighted by Crippen LogP contribution is -2.26. The van der Waals surface area contributed by atoms with Gasteiger partial charge in [-0.1, -0.05) is 6.92 Å². The molecular formula is C14H24N2O. The molecule has 0 spiro atoms. The second kappa shape index (κ2) is 5.69. The third kappa shape index (κ3) is 3.58. The molecule has 2 N–H and O–H groups in total. The van der Waals surface area contributed by atoms with Crippen molar-refractivity contribution in [1.82, 2.24) is 4.90 Å². The minimum atomic E-state index is 0.575. The highest BCUT2D eigenvalue weighted by molar-refractivity contribution is 5.20. The van der Waals surface area contributed by atoms with E-state index in [1.807, 2.05) is 6.92 Å². The minimum Gasteiger partial charge on any atom is -0.465 e. The molecule has 17 heavy (non-hydrogen) atoms. The van der Waals surface area contributed by atoms with E-state index in [1.165, 1.54) is 25.8 Å². The third-order valence-corrected chi connectivity index (χ3v) is 3.42. The molecule has 0 aromatic carbocycles. The third-order valence-electron chi connectivity index (χ3n) is 3.42. The Kier molecular flexibility index (Phi) is 4.24. The van der Waals surface area contributed by atoms with Crippen molar-refractivity contribution in [2.75, 3.05) is 13.1 Å². The second-order valence-corrected chi connectivity index (χ2v) is 5.18. The zero-order chi connectivity index (χ0) is 12.3. The van der Waals surface area contributed by atoms with Gasteiger partial charge in [0.15, 0.2) is 0 Å². The molecule has 1 saturated carbocycles. The number of hydrogen-bond donors (Lipinski definition) is 1. The van der Waals surface area contributed by atoms with E-state index in [-0.39, 0.29) is 0 Å². The molecule has 96 valence electrons. The molecule has 0 amide bonds. The Labute approximate surface area is 104 Å². The molecule has 0 atom stereocenters. The van der Waals surface area contributed by atoms with Gasteiger partial charge >= 0.3 is 0 Å². The minimum absolute atomic E-state index is 0.575. The van der Waals surface area contributed by atoms with Crippen LogP contribution in [0.2, 0.25) is 0 Å². The lowest BCUT2D eigenvalue weighted by Gasteiger charge is -2.19. The van der Waals surface area contributed by atoms with E-state index in [2.05, 4.69) is 17.9 Å². The van der Waals surface area contributed by atoms with Crippen LogP contribution in [0.3, 0.4) is 0 Å². The average molecular weight is 236 g/mol. The molecule has 1 aromatic rings. The van der Waals surface area contributed by atoms with Gasteiger partial charge in [0, 0.05) is 18.7 Å². The van der Waals surface area contributed by atoms with Crippen LogP contribution in [0.25, 0.3) is 0 Å². The number of hydrogen-bond acceptors (Lipinski definition) is 3. The Morgan fingerprint density at radius 2 is 2.24 bits per heavy atom. The standard InChI is InChI=1S/C14H24N2O/c1-3-6-16(9-12-4-5-12)10-14-7-13(8-15)11(2)17-14/h7,12H,3-6,8-10,15H2,1-2H3. The molecular weight excluding hydrogens is 212 g/mol. The van der Waals surface area contributed by atoms with Gasteiger partial charge < -0.3 is 10.2 Å². The van der Waals surface area contributed by atoms with E-state index in [0.29, 0.717) is 6.54 Å². The molecule has 0 unspecified atom stereocenters. The maximum absolute atomic E-state index is 5.76. The number of nitrogens with two attached hydrogens (primary N) is 1. The molecule has 1 heterocycles. The number of rotatable bonds is 7. The van der Waals surface area contributed by atoms with Crippen LogP contribution in [-0.2, 0) is 13.1 Å². The Morgan fingerprint density at radius 1 is 1.47 bits per heavy atom. The van der Waals surface area contributed by atoms with Gasteiger partial charge in [0.2, 0.25) is 0 Å². The maximum atomic E-state index is 5.76. The summed E-state index contributed by atoms with van der Waals surface area (Å²) < 4.78 is 5.76. The van der Waals surface area contributed by atoms with E-state index in [9.17, 15) is 0 Å². The van der Waals surface area contributed by atoms with Crippen molar-refractivity contribution in [2.45, 2.75) is 46.2 Å². The van der Waals surface area contributed by atoms with Crippen molar-refractivity contribution in [3.63, 3.8) is 0 Å². The number of aryl methyl sites for hydroxylation is 1. The van der Waals surface area contributed by atoms with Gasteiger partial charge in [-0.3, -0.25) is 4.90 Å². The smallest absolute Gasteiger partial charge is 0.118 e. The van der Waals surface area contributed by atoms with E-state index in [1.54, 1.807) is 0 Å². The Hall–Kier alpha value is -0.800. The summed E-state index contributed by atoms with van der Waals surface area (Å²) in [5.41, 5.74) is 6.81. The molecule has 0 radical (unpaired) electrons. The van der Waals surface area contributed by atoms with Gasteiger partial charge in [0.25, 0.3) is 0 Å². The Bertz CT molecular complexity index is 355. The van der Waals surface area contributed by atoms with Crippen LogP contribution in [0, 0.1) is 12.8 Å². The summed E-state index contributed by atoms with van der Waals surface area (Å²) in [6, 6.07) is 2.12. The van der Waals surface area contributed by atoms with E-state index in [4.69, 9.17) is 10.2 Å². The van der Waals surface area contributed by atoms with Crippen LogP contribution in [0.5, 0.6) is 0 Å². The SMILES string of the molecule is CCCN(Cc1cc(CN)c(C)o1)CC1CC1. The van der Waals surface area contributed by atoms with Crippen molar-refractivity contribution in [1.29, 1.82) is 0 Å². The fourth-order valence-corrected chi connectivity index (χ4v) is 2.31. The number of furan rings is 1. The molecule has 0 saturated heterocycles. The van der Waals surface area contributed by atoms with Crippen LogP contribution >= 0.6 is 0 Å². The van der Waals surface area contributed by atoms with Crippen molar-refractivity contribution in [2.24, 2.45) is 11.7 Å². The lowest BCUT2D eigenvalue weighted by atomic mass is 10.2. The highest BCUT2D eigenvalue weighted by Crippen LogP contribution is 2.30.